The molecule has 2 aromatic carbocycles. The van der Waals surface area contributed by atoms with Crippen LogP contribution in [0.25, 0.3) is 17.2 Å². The van der Waals surface area contributed by atoms with Gasteiger partial charge in [0.15, 0.2) is 0 Å². The van der Waals surface area contributed by atoms with Gasteiger partial charge in [0.25, 0.3) is 0 Å². The van der Waals surface area contributed by atoms with Crippen molar-refractivity contribution in [2.75, 3.05) is 0 Å². The lowest BCUT2D eigenvalue weighted by molar-refractivity contribution is -0.187. The summed E-state index contributed by atoms with van der Waals surface area (Å²) in [7, 11) is -1.81. The van der Waals surface area contributed by atoms with Crippen molar-refractivity contribution in [1.29, 1.82) is 0 Å². The first-order valence-corrected chi connectivity index (χ1v) is 11.9. The smallest absolute Gasteiger partial charge is 0.430 e. The second-order valence-corrected chi connectivity index (χ2v) is 12.6. The van der Waals surface area contributed by atoms with E-state index in [0.717, 1.165) is 16.8 Å². The lowest BCUT2D eigenvalue weighted by atomic mass is 9.96. The third kappa shape index (κ3) is 3.78. The van der Waals surface area contributed by atoms with Gasteiger partial charge in [-0.25, -0.2) is 4.79 Å². The van der Waals surface area contributed by atoms with E-state index in [-0.39, 0.29) is 5.75 Å². The van der Waals surface area contributed by atoms with Gasteiger partial charge in [-0.05, 0) is 11.6 Å². The highest BCUT2D eigenvalue weighted by Gasteiger charge is 2.49. The van der Waals surface area contributed by atoms with Crippen LogP contribution in [-0.4, -0.2) is 31.4 Å². The first kappa shape index (κ1) is 19.2. The molecule has 7 heteroatoms. The van der Waals surface area contributed by atoms with Crippen LogP contribution < -0.4 is 9.92 Å². The zero-order valence-corrected chi connectivity index (χ0v) is 16.1. The van der Waals surface area contributed by atoms with Crippen molar-refractivity contribution in [1.82, 2.24) is 0 Å². The fraction of sp³-hybridized carbons (Fsp3) is 0.250. The predicted octanol–water partition coefficient (Wildman–Crippen LogP) is 4.69. The zero-order valence-electron chi connectivity index (χ0n) is 15.1. The van der Waals surface area contributed by atoms with Crippen LogP contribution in [0.4, 0.5) is 13.2 Å². The van der Waals surface area contributed by atoms with E-state index in [4.69, 9.17) is 4.74 Å². The minimum absolute atomic E-state index is 0.0653. The van der Waals surface area contributed by atoms with Crippen molar-refractivity contribution >= 4 is 25.3 Å². The van der Waals surface area contributed by atoms with Crippen molar-refractivity contribution < 1.29 is 27.8 Å². The number of halogens is 3. The van der Waals surface area contributed by atoms with Crippen LogP contribution in [0.3, 0.4) is 0 Å². The molecule has 0 radical (unpaired) electrons. The van der Waals surface area contributed by atoms with Gasteiger partial charge in [-0.2, -0.15) is 13.2 Å². The highest BCUT2D eigenvalue weighted by atomic mass is 28.3. The number of carboxylic acid groups (broad SMARTS) is 1. The van der Waals surface area contributed by atoms with Crippen LogP contribution in [0.1, 0.15) is 5.56 Å². The van der Waals surface area contributed by atoms with Gasteiger partial charge in [0, 0.05) is 11.1 Å². The Morgan fingerprint density at radius 1 is 1.11 bits per heavy atom. The highest BCUT2D eigenvalue weighted by molar-refractivity contribution is 6.88. The molecule has 1 heterocycles. The average molecular weight is 392 g/mol. The molecular formula is C20H19F3O3Si. The van der Waals surface area contributed by atoms with Crippen molar-refractivity contribution in [2.45, 2.75) is 31.9 Å². The third-order valence-corrected chi connectivity index (χ3v) is 6.46. The van der Waals surface area contributed by atoms with E-state index in [1.807, 2.05) is 12.1 Å². The number of fused-ring (bicyclic) bond motifs is 1. The van der Waals surface area contributed by atoms with Crippen molar-refractivity contribution in [3.63, 3.8) is 0 Å². The first-order valence-electron chi connectivity index (χ1n) is 8.40. The van der Waals surface area contributed by atoms with Crippen LogP contribution >= 0.6 is 0 Å². The molecule has 1 N–H and O–H groups in total. The molecule has 0 amide bonds. The van der Waals surface area contributed by atoms with Crippen molar-refractivity contribution in [3.8, 4) is 16.9 Å². The lowest BCUT2D eigenvalue weighted by Gasteiger charge is -2.30. The summed E-state index contributed by atoms with van der Waals surface area (Å²) in [6.07, 6.45) is -6.23. The maximum absolute atomic E-state index is 13.4. The average Bonchev–Trinajstić information content (AvgIpc) is 2.58. The van der Waals surface area contributed by atoms with Gasteiger partial charge < -0.3 is 9.84 Å². The number of rotatable bonds is 3. The van der Waals surface area contributed by atoms with Crippen molar-refractivity contribution in [2.24, 2.45) is 0 Å². The van der Waals surface area contributed by atoms with Gasteiger partial charge >= 0.3 is 12.1 Å². The number of carboxylic acids is 1. The van der Waals surface area contributed by atoms with Crippen LogP contribution in [0.15, 0.2) is 48.0 Å². The molecule has 1 aliphatic rings. The van der Waals surface area contributed by atoms with Gasteiger partial charge in [0.05, 0.1) is 13.6 Å². The molecule has 27 heavy (non-hydrogen) atoms. The Labute approximate surface area is 156 Å². The molecule has 1 aliphatic heterocycles. The van der Waals surface area contributed by atoms with Crippen LogP contribution in [0.2, 0.25) is 19.6 Å². The van der Waals surface area contributed by atoms with E-state index in [1.54, 1.807) is 30.3 Å². The highest BCUT2D eigenvalue weighted by Crippen LogP contribution is 2.42. The second-order valence-electron chi connectivity index (χ2n) is 7.50. The van der Waals surface area contributed by atoms with E-state index in [2.05, 4.69) is 19.6 Å². The molecule has 3 rings (SSSR count). The molecule has 0 spiro atoms. The Balaban J connectivity index is 2.30. The van der Waals surface area contributed by atoms with Gasteiger partial charge in [-0.15, -0.1) is 0 Å². The maximum Gasteiger partial charge on any atom is 0.430 e. The SMILES string of the molecule is C[Si](C)(C)c1cc2c(c(-c3ccccc3)c1)OC(C(F)(F)F)C(C(=O)O)=C2. The summed E-state index contributed by atoms with van der Waals surface area (Å²) >= 11 is 0. The normalized spacial score (nSPS) is 17.0. The predicted molar refractivity (Wildman–Crippen MR) is 101 cm³/mol. The number of carbonyl (C=O) groups is 1. The number of benzene rings is 2. The number of alkyl halides is 3. The number of hydrogen-bond acceptors (Lipinski definition) is 2. The largest absolute Gasteiger partial charge is 0.478 e. The van der Waals surface area contributed by atoms with Crippen LogP contribution in [-0.2, 0) is 4.79 Å². The summed E-state index contributed by atoms with van der Waals surface area (Å²) < 4.78 is 45.5. The monoisotopic (exact) mass is 392 g/mol. The Hall–Kier alpha value is -2.54. The second kappa shape index (κ2) is 6.56. The Kier molecular flexibility index (Phi) is 4.67. The molecular weight excluding hydrogens is 373 g/mol. The molecule has 0 saturated heterocycles. The molecule has 1 unspecified atom stereocenters. The molecule has 0 bridgehead atoms. The summed E-state index contributed by atoms with van der Waals surface area (Å²) in [5, 5.41) is 10.3. The van der Waals surface area contributed by atoms with Gasteiger partial charge in [0.1, 0.15) is 5.75 Å². The number of hydrogen-bond donors (Lipinski definition) is 1. The zero-order chi connectivity index (χ0) is 20.0. The first-order chi connectivity index (χ1) is 12.5. The van der Waals surface area contributed by atoms with Crippen molar-refractivity contribution in [3.05, 3.63) is 53.6 Å². The molecule has 3 nitrogen and oxygen atoms in total. The maximum atomic E-state index is 13.4. The van der Waals surface area contributed by atoms with E-state index in [0.29, 0.717) is 11.1 Å². The molecule has 0 aromatic heterocycles. The fourth-order valence-corrected chi connectivity index (χ4v) is 4.16. The minimum atomic E-state index is -4.83. The molecule has 0 saturated carbocycles. The fourth-order valence-electron chi connectivity index (χ4n) is 3.00. The third-order valence-electron chi connectivity index (χ3n) is 4.44. The summed E-state index contributed by atoms with van der Waals surface area (Å²) in [5.74, 6) is -1.57. The summed E-state index contributed by atoms with van der Waals surface area (Å²) in [4.78, 5) is 11.4. The number of aliphatic carboxylic acids is 1. The molecule has 2 aromatic rings. The minimum Gasteiger partial charge on any atom is -0.478 e. The topological polar surface area (TPSA) is 46.5 Å². The summed E-state index contributed by atoms with van der Waals surface area (Å²) in [5.41, 5.74) is 0.829. The Morgan fingerprint density at radius 3 is 2.26 bits per heavy atom. The van der Waals surface area contributed by atoms with Gasteiger partial charge in [0.2, 0.25) is 6.10 Å². The van der Waals surface area contributed by atoms with Gasteiger partial charge in [-0.3, -0.25) is 0 Å². The molecule has 0 aliphatic carbocycles. The Bertz CT molecular complexity index is 913. The molecule has 0 fully saturated rings. The molecule has 1 atom stereocenters. The Morgan fingerprint density at radius 2 is 1.74 bits per heavy atom. The standard InChI is InChI=1S/C20H19F3O3Si/c1-27(2,3)14-9-13-10-16(19(24)25)18(20(21,22)23)26-17(13)15(11-14)12-7-5-4-6-8-12/h4-11,18H,1-3H3,(H,24,25). The summed E-state index contributed by atoms with van der Waals surface area (Å²) in [6, 6.07) is 12.6. The van der Waals surface area contributed by atoms with E-state index >= 15 is 0 Å². The lowest BCUT2D eigenvalue weighted by Crippen LogP contribution is -2.42. The molecule has 142 valence electrons. The number of ether oxygens (including phenoxy) is 1. The quantitative estimate of drug-likeness (QED) is 0.771. The van der Waals surface area contributed by atoms with Crippen LogP contribution in [0, 0.1) is 0 Å². The van der Waals surface area contributed by atoms with E-state index in [1.165, 1.54) is 0 Å². The van der Waals surface area contributed by atoms with E-state index in [9.17, 15) is 23.1 Å². The van der Waals surface area contributed by atoms with Gasteiger partial charge in [-0.1, -0.05) is 67.3 Å². The van der Waals surface area contributed by atoms with E-state index < -0.39 is 31.9 Å². The summed E-state index contributed by atoms with van der Waals surface area (Å²) in [6.45, 7) is 6.36. The van der Waals surface area contributed by atoms with Crippen LogP contribution in [0.5, 0.6) is 5.75 Å².